The van der Waals surface area contributed by atoms with Crippen molar-refractivity contribution in [3.05, 3.63) is 33.9 Å². The van der Waals surface area contributed by atoms with Crippen LogP contribution in [0.1, 0.15) is 49.3 Å². The van der Waals surface area contributed by atoms with E-state index in [1.807, 2.05) is 13.0 Å². The van der Waals surface area contributed by atoms with Crippen molar-refractivity contribution in [1.82, 2.24) is 0 Å². The molecule has 128 valence electrons. The van der Waals surface area contributed by atoms with Crippen LogP contribution in [-0.2, 0) is 10.9 Å². The highest BCUT2D eigenvalue weighted by atomic mass is 35.5. The number of hydrogen-bond acceptors (Lipinski definition) is 2. The van der Waals surface area contributed by atoms with Crippen LogP contribution in [0, 0.1) is 6.92 Å². The predicted molar refractivity (Wildman–Crippen MR) is 87.7 cm³/mol. The van der Waals surface area contributed by atoms with Crippen molar-refractivity contribution in [3.63, 3.8) is 0 Å². The van der Waals surface area contributed by atoms with Crippen LogP contribution in [0.3, 0.4) is 0 Å². The highest BCUT2D eigenvalue weighted by Crippen LogP contribution is 2.40. The molecule has 1 atom stereocenters. The highest BCUT2D eigenvalue weighted by Gasteiger charge is 2.34. The van der Waals surface area contributed by atoms with Gasteiger partial charge < -0.3 is 10.1 Å². The van der Waals surface area contributed by atoms with E-state index >= 15 is 0 Å². The topological polar surface area (TPSA) is 21.3 Å². The number of ether oxygens (including phenoxy) is 1. The van der Waals surface area contributed by atoms with Gasteiger partial charge in [-0.2, -0.15) is 13.2 Å². The molecule has 1 aromatic carbocycles. The van der Waals surface area contributed by atoms with Crippen molar-refractivity contribution < 1.29 is 17.9 Å². The molecule has 0 aliphatic carbocycles. The number of benzene rings is 1. The van der Waals surface area contributed by atoms with Crippen LogP contribution in [0.25, 0.3) is 6.08 Å². The van der Waals surface area contributed by atoms with E-state index in [0.717, 1.165) is 31.7 Å². The molecule has 1 saturated heterocycles. The van der Waals surface area contributed by atoms with Crippen LogP contribution >= 0.6 is 11.6 Å². The third kappa shape index (κ3) is 4.42. The van der Waals surface area contributed by atoms with Crippen molar-refractivity contribution in [1.29, 1.82) is 0 Å². The van der Waals surface area contributed by atoms with E-state index in [2.05, 4.69) is 5.32 Å². The maximum absolute atomic E-state index is 13.2. The van der Waals surface area contributed by atoms with Gasteiger partial charge in [0, 0.05) is 17.9 Å². The molecule has 1 aliphatic heterocycles. The molecule has 0 spiro atoms. The molecular weight excluding hydrogens is 327 g/mol. The molecule has 1 aromatic rings. The minimum atomic E-state index is -4.44. The summed E-state index contributed by atoms with van der Waals surface area (Å²) in [4.78, 5) is 0. The molecule has 0 bridgehead atoms. The first-order chi connectivity index (χ1) is 10.8. The molecule has 1 unspecified atom stereocenters. The van der Waals surface area contributed by atoms with Gasteiger partial charge in [0.15, 0.2) is 0 Å². The third-order valence-corrected chi connectivity index (χ3v) is 4.36. The lowest BCUT2D eigenvalue weighted by molar-refractivity contribution is -0.138. The summed E-state index contributed by atoms with van der Waals surface area (Å²) in [6.45, 7) is 3.97. The molecule has 1 fully saturated rings. The van der Waals surface area contributed by atoms with Gasteiger partial charge in [-0.05, 0) is 44.2 Å². The third-order valence-electron chi connectivity index (χ3n) is 3.87. The Hall–Kier alpha value is -1.20. The van der Waals surface area contributed by atoms with Gasteiger partial charge in [-0.25, -0.2) is 0 Å². The second-order valence-electron chi connectivity index (χ2n) is 5.63. The SMILES string of the molecule is CC/C=C/c1c(NC2CCCCO2)cc(C(F)(F)F)c(C)c1Cl. The smallest absolute Gasteiger partial charge is 0.360 e. The Bertz CT molecular complexity index is 578. The van der Waals surface area contributed by atoms with Gasteiger partial charge in [0.2, 0.25) is 0 Å². The number of anilines is 1. The second kappa shape index (κ2) is 7.58. The zero-order valence-corrected chi connectivity index (χ0v) is 14.0. The van der Waals surface area contributed by atoms with E-state index < -0.39 is 11.7 Å². The molecule has 1 aliphatic rings. The zero-order chi connectivity index (χ0) is 17.0. The maximum Gasteiger partial charge on any atom is 0.416 e. The Morgan fingerprint density at radius 3 is 2.70 bits per heavy atom. The zero-order valence-electron chi connectivity index (χ0n) is 13.3. The average molecular weight is 348 g/mol. The number of rotatable bonds is 4. The predicted octanol–water partition coefficient (Wildman–Crippen LogP) is 6.03. The van der Waals surface area contributed by atoms with E-state index in [0.29, 0.717) is 17.9 Å². The Kier molecular flexibility index (Phi) is 5.98. The molecular formula is C17H21ClF3NO. The Morgan fingerprint density at radius 2 is 2.13 bits per heavy atom. The first kappa shape index (κ1) is 18.1. The summed E-state index contributed by atoms with van der Waals surface area (Å²) >= 11 is 6.23. The fraction of sp³-hybridized carbons (Fsp3) is 0.529. The fourth-order valence-corrected chi connectivity index (χ4v) is 2.88. The minimum Gasteiger partial charge on any atom is -0.360 e. The molecule has 6 heteroatoms. The molecule has 1 N–H and O–H groups in total. The molecule has 2 nitrogen and oxygen atoms in total. The van der Waals surface area contributed by atoms with Crippen molar-refractivity contribution in [2.75, 3.05) is 11.9 Å². The van der Waals surface area contributed by atoms with Gasteiger partial charge in [-0.3, -0.25) is 0 Å². The van der Waals surface area contributed by atoms with Crippen LogP contribution in [-0.4, -0.2) is 12.8 Å². The standard InChI is InChI=1S/C17H21ClF3NO/c1-3-4-7-12-14(22-15-8-5-6-9-23-15)10-13(17(19,20)21)11(2)16(12)18/h4,7,10,15,22H,3,5-6,8-9H2,1-2H3/b7-4+. The Morgan fingerprint density at radius 1 is 1.39 bits per heavy atom. The first-order valence-electron chi connectivity index (χ1n) is 7.79. The molecule has 0 saturated carbocycles. The lowest BCUT2D eigenvalue weighted by Crippen LogP contribution is -2.28. The summed E-state index contributed by atoms with van der Waals surface area (Å²) in [6, 6.07) is 1.13. The highest BCUT2D eigenvalue weighted by molar-refractivity contribution is 6.33. The Balaban J connectivity index is 2.46. The normalized spacial score (nSPS) is 19.3. The van der Waals surface area contributed by atoms with E-state index in [-0.39, 0.29) is 16.8 Å². The van der Waals surface area contributed by atoms with Gasteiger partial charge in [0.05, 0.1) is 10.6 Å². The van der Waals surface area contributed by atoms with Crippen LogP contribution < -0.4 is 5.32 Å². The van der Waals surface area contributed by atoms with Gasteiger partial charge >= 0.3 is 6.18 Å². The Labute approximate surface area is 139 Å². The summed E-state index contributed by atoms with van der Waals surface area (Å²) in [5.41, 5.74) is 0.275. The second-order valence-corrected chi connectivity index (χ2v) is 6.01. The van der Waals surface area contributed by atoms with Crippen molar-refractivity contribution in [3.8, 4) is 0 Å². The summed E-state index contributed by atoms with van der Waals surface area (Å²) in [6.07, 6.45) is 2.43. The van der Waals surface area contributed by atoms with Crippen molar-refractivity contribution >= 4 is 23.4 Å². The van der Waals surface area contributed by atoms with E-state index in [9.17, 15) is 13.2 Å². The largest absolute Gasteiger partial charge is 0.416 e. The summed E-state index contributed by atoms with van der Waals surface area (Å²) < 4.78 is 45.3. The van der Waals surface area contributed by atoms with Crippen LogP contribution in [0.2, 0.25) is 5.02 Å². The van der Waals surface area contributed by atoms with E-state index in [1.165, 1.54) is 6.92 Å². The van der Waals surface area contributed by atoms with Crippen LogP contribution in [0.5, 0.6) is 0 Å². The number of hydrogen-bond donors (Lipinski definition) is 1. The molecule has 23 heavy (non-hydrogen) atoms. The van der Waals surface area contributed by atoms with Crippen LogP contribution in [0.15, 0.2) is 12.1 Å². The quantitative estimate of drug-likeness (QED) is 0.718. The van der Waals surface area contributed by atoms with Crippen molar-refractivity contribution in [2.45, 2.75) is 51.9 Å². The molecule has 2 rings (SSSR count). The number of nitrogens with one attached hydrogen (secondary N) is 1. The molecule has 0 amide bonds. The maximum atomic E-state index is 13.2. The van der Waals surface area contributed by atoms with Crippen LogP contribution in [0.4, 0.5) is 18.9 Å². The first-order valence-corrected chi connectivity index (χ1v) is 8.17. The minimum absolute atomic E-state index is 0.0463. The number of alkyl halides is 3. The summed E-state index contributed by atoms with van der Waals surface area (Å²) in [7, 11) is 0. The number of halogens is 4. The van der Waals surface area contributed by atoms with Gasteiger partial charge in [0.25, 0.3) is 0 Å². The van der Waals surface area contributed by atoms with Crippen molar-refractivity contribution in [2.24, 2.45) is 0 Å². The summed E-state index contributed by atoms with van der Waals surface area (Å²) in [5, 5.41) is 3.21. The number of allylic oxidation sites excluding steroid dienone is 1. The molecule has 1 heterocycles. The lowest BCUT2D eigenvalue weighted by atomic mass is 10.0. The van der Waals surface area contributed by atoms with Gasteiger partial charge in [-0.15, -0.1) is 0 Å². The summed E-state index contributed by atoms with van der Waals surface area (Å²) in [5.74, 6) is 0. The lowest BCUT2D eigenvalue weighted by Gasteiger charge is -2.26. The molecule has 0 aromatic heterocycles. The van der Waals surface area contributed by atoms with Gasteiger partial charge in [-0.1, -0.05) is 30.7 Å². The van der Waals surface area contributed by atoms with E-state index in [1.54, 1.807) is 6.08 Å². The van der Waals surface area contributed by atoms with Gasteiger partial charge in [0.1, 0.15) is 6.23 Å². The van der Waals surface area contributed by atoms with E-state index in [4.69, 9.17) is 16.3 Å². The monoisotopic (exact) mass is 347 g/mol. The average Bonchev–Trinajstić information content (AvgIpc) is 2.50. The fourth-order valence-electron chi connectivity index (χ4n) is 2.61. The molecule has 0 radical (unpaired) electrons.